The van der Waals surface area contributed by atoms with Crippen LogP contribution in [-0.2, 0) is 4.74 Å². The molecule has 0 bridgehead atoms. The van der Waals surface area contributed by atoms with Gasteiger partial charge in [0.1, 0.15) is 17.5 Å². The lowest BCUT2D eigenvalue weighted by molar-refractivity contribution is 0.0111. The van der Waals surface area contributed by atoms with Crippen LogP contribution in [0.5, 0.6) is 5.75 Å². The Bertz CT molecular complexity index is 653. The number of ketones is 1. The first-order chi connectivity index (χ1) is 11.6. The van der Waals surface area contributed by atoms with Crippen molar-refractivity contribution in [1.29, 1.82) is 0 Å². The van der Waals surface area contributed by atoms with Crippen molar-refractivity contribution in [3.63, 3.8) is 0 Å². The molecule has 1 heterocycles. The molecule has 0 radical (unpaired) electrons. The number of piperidine rings is 1. The monoisotopic (exact) mass is 351 g/mol. The Hall–Kier alpha value is -2.11. The summed E-state index contributed by atoms with van der Waals surface area (Å²) in [6.07, 6.45) is -1.20. The van der Waals surface area contributed by atoms with E-state index in [0.717, 1.165) is 5.56 Å². The molecule has 1 fully saturated rings. The number of halogens is 1. The highest BCUT2D eigenvalue weighted by atomic mass is 19.1. The van der Waals surface area contributed by atoms with Crippen LogP contribution in [-0.4, -0.2) is 48.7 Å². The van der Waals surface area contributed by atoms with Crippen LogP contribution in [0.25, 0.3) is 0 Å². The number of ether oxygens (including phenoxy) is 2. The van der Waals surface area contributed by atoms with Gasteiger partial charge in [0.15, 0.2) is 5.78 Å². The van der Waals surface area contributed by atoms with E-state index in [-0.39, 0.29) is 18.2 Å². The van der Waals surface area contributed by atoms with Crippen molar-refractivity contribution in [3.05, 3.63) is 29.3 Å². The van der Waals surface area contributed by atoms with Gasteiger partial charge >= 0.3 is 6.09 Å². The molecular weight excluding hydrogens is 325 g/mol. The smallest absolute Gasteiger partial charge is 0.410 e. The topological polar surface area (TPSA) is 55.8 Å². The second kappa shape index (κ2) is 7.42. The molecule has 0 aliphatic carbocycles. The summed E-state index contributed by atoms with van der Waals surface area (Å²) in [4.78, 5) is 25.1. The molecule has 2 unspecified atom stereocenters. The molecule has 1 aromatic rings. The summed E-state index contributed by atoms with van der Waals surface area (Å²) in [6, 6.07) is 5.15. The van der Waals surface area contributed by atoms with Gasteiger partial charge in [0.2, 0.25) is 0 Å². The lowest BCUT2D eigenvalue weighted by atomic mass is 9.87. The standard InChI is InChI=1S/C19H26FNO4/c1-12(22)14-7-6-13(10-17(14)24-5)15-8-9-21(11-16(15)20)18(23)25-19(2,3)4/h6-7,10,15-16H,8-9,11H2,1-5H3. The van der Waals surface area contributed by atoms with Crippen molar-refractivity contribution in [2.45, 2.75) is 51.8 Å². The zero-order chi connectivity index (χ0) is 18.8. The number of carbonyl (C=O) groups is 2. The van der Waals surface area contributed by atoms with Crippen LogP contribution in [0.2, 0.25) is 0 Å². The number of rotatable bonds is 3. The minimum atomic E-state index is -1.20. The van der Waals surface area contributed by atoms with Crippen LogP contribution in [0.4, 0.5) is 9.18 Å². The van der Waals surface area contributed by atoms with Crippen LogP contribution >= 0.6 is 0 Å². The number of amides is 1. The van der Waals surface area contributed by atoms with E-state index in [9.17, 15) is 14.0 Å². The van der Waals surface area contributed by atoms with Gasteiger partial charge in [0, 0.05) is 12.5 Å². The highest BCUT2D eigenvalue weighted by Gasteiger charge is 2.34. The normalized spacial score (nSPS) is 21.0. The average Bonchev–Trinajstić information content (AvgIpc) is 2.52. The summed E-state index contributed by atoms with van der Waals surface area (Å²) in [5.74, 6) is 0.0142. The predicted octanol–water partition coefficient (Wildman–Crippen LogP) is 3.96. The zero-order valence-corrected chi connectivity index (χ0v) is 15.5. The second-order valence-electron chi connectivity index (χ2n) is 7.35. The highest BCUT2D eigenvalue weighted by Crippen LogP contribution is 2.34. The molecule has 1 saturated heterocycles. The number of alkyl halides is 1. The third-order valence-corrected chi connectivity index (χ3v) is 4.23. The van der Waals surface area contributed by atoms with E-state index in [4.69, 9.17) is 9.47 Å². The Kier molecular flexibility index (Phi) is 5.70. The van der Waals surface area contributed by atoms with Gasteiger partial charge in [-0.05, 0) is 51.8 Å². The molecule has 0 saturated carbocycles. The fourth-order valence-electron chi connectivity index (χ4n) is 3.00. The molecule has 0 aromatic heterocycles. The Morgan fingerprint density at radius 3 is 2.48 bits per heavy atom. The lowest BCUT2D eigenvalue weighted by Gasteiger charge is -2.36. The third-order valence-electron chi connectivity index (χ3n) is 4.23. The molecule has 25 heavy (non-hydrogen) atoms. The first kappa shape index (κ1) is 19.2. The van der Waals surface area contributed by atoms with Crippen LogP contribution in [0.3, 0.4) is 0 Å². The van der Waals surface area contributed by atoms with E-state index in [1.54, 1.807) is 39.0 Å². The summed E-state index contributed by atoms with van der Waals surface area (Å²) in [5.41, 5.74) is 0.654. The molecule has 2 rings (SSSR count). The summed E-state index contributed by atoms with van der Waals surface area (Å²) in [7, 11) is 1.49. The molecule has 138 valence electrons. The fourth-order valence-corrected chi connectivity index (χ4v) is 3.00. The van der Waals surface area contributed by atoms with Gasteiger partial charge in [-0.2, -0.15) is 0 Å². The maximum atomic E-state index is 14.7. The van der Waals surface area contributed by atoms with Gasteiger partial charge in [-0.3, -0.25) is 4.79 Å². The summed E-state index contributed by atoms with van der Waals surface area (Å²) in [5, 5.41) is 0. The highest BCUT2D eigenvalue weighted by molar-refractivity contribution is 5.96. The van der Waals surface area contributed by atoms with Crippen molar-refractivity contribution < 1.29 is 23.5 Å². The Morgan fingerprint density at radius 2 is 1.96 bits per heavy atom. The number of nitrogens with zero attached hydrogens (tertiary/aromatic N) is 1. The minimum Gasteiger partial charge on any atom is -0.496 e. The Labute approximate surface area is 148 Å². The summed E-state index contributed by atoms with van der Waals surface area (Å²) >= 11 is 0. The van der Waals surface area contributed by atoms with Crippen LogP contribution in [0, 0.1) is 0 Å². The first-order valence-electron chi connectivity index (χ1n) is 8.43. The molecule has 5 nitrogen and oxygen atoms in total. The number of methoxy groups -OCH3 is 1. The van der Waals surface area contributed by atoms with Gasteiger partial charge in [0.25, 0.3) is 0 Å². The van der Waals surface area contributed by atoms with E-state index >= 15 is 0 Å². The maximum absolute atomic E-state index is 14.7. The quantitative estimate of drug-likeness (QED) is 0.774. The summed E-state index contributed by atoms with van der Waals surface area (Å²) < 4.78 is 25.3. The van der Waals surface area contributed by atoms with E-state index in [1.165, 1.54) is 18.9 Å². The van der Waals surface area contributed by atoms with Crippen LogP contribution in [0.1, 0.15) is 56.0 Å². The predicted molar refractivity (Wildman–Crippen MR) is 93.1 cm³/mol. The molecule has 0 spiro atoms. The maximum Gasteiger partial charge on any atom is 0.410 e. The van der Waals surface area contributed by atoms with Crippen LogP contribution in [0.15, 0.2) is 18.2 Å². The molecule has 0 N–H and O–H groups in total. The summed E-state index contributed by atoms with van der Waals surface area (Å²) in [6.45, 7) is 7.25. The van der Waals surface area contributed by atoms with Crippen molar-refractivity contribution in [2.75, 3.05) is 20.2 Å². The third kappa shape index (κ3) is 4.71. The number of hydrogen-bond acceptors (Lipinski definition) is 4. The Balaban J connectivity index is 2.11. The average molecular weight is 351 g/mol. The largest absolute Gasteiger partial charge is 0.496 e. The Morgan fingerprint density at radius 1 is 1.28 bits per heavy atom. The van der Waals surface area contributed by atoms with Crippen molar-refractivity contribution >= 4 is 11.9 Å². The van der Waals surface area contributed by atoms with E-state index in [2.05, 4.69) is 0 Å². The van der Waals surface area contributed by atoms with Crippen molar-refractivity contribution in [1.82, 2.24) is 4.90 Å². The van der Waals surface area contributed by atoms with Crippen LogP contribution < -0.4 is 4.74 Å². The van der Waals surface area contributed by atoms with Gasteiger partial charge in [-0.1, -0.05) is 6.07 Å². The van der Waals surface area contributed by atoms with E-state index in [1.807, 2.05) is 0 Å². The van der Waals surface area contributed by atoms with Crippen molar-refractivity contribution in [3.8, 4) is 5.75 Å². The van der Waals surface area contributed by atoms with Gasteiger partial charge < -0.3 is 14.4 Å². The minimum absolute atomic E-state index is 0.00362. The molecule has 1 aliphatic heterocycles. The van der Waals surface area contributed by atoms with E-state index in [0.29, 0.717) is 24.3 Å². The van der Waals surface area contributed by atoms with Crippen molar-refractivity contribution in [2.24, 2.45) is 0 Å². The number of Topliss-reactive ketones (excluding diaryl/α,β-unsaturated/α-hetero) is 1. The molecule has 1 aromatic carbocycles. The molecule has 6 heteroatoms. The number of hydrogen-bond donors (Lipinski definition) is 0. The number of carbonyl (C=O) groups excluding carboxylic acids is 2. The molecular formula is C19H26FNO4. The fraction of sp³-hybridized carbons (Fsp3) is 0.579. The molecule has 1 aliphatic rings. The SMILES string of the molecule is COc1cc(C2CCN(C(=O)OC(C)(C)C)CC2F)ccc1C(C)=O. The number of likely N-dealkylation sites (tertiary alicyclic amines) is 1. The van der Waals surface area contributed by atoms with Gasteiger partial charge in [0.05, 0.1) is 19.2 Å². The lowest BCUT2D eigenvalue weighted by Crippen LogP contribution is -2.46. The molecule has 2 atom stereocenters. The first-order valence-corrected chi connectivity index (χ1v) is 8.43. The van der Waals surface area contributed by atoms with Gasteiger partial charge in [-0.15, -0.1) is 0 Å². The number of benzene rings is 1. The zero-order valence-electron chi connectivity index (χ0n) is 15.5. The van der Waals surface area contributed by atoms with Gasteiger partial charge in [-0.25, -0.2) is 9.18 Å². The second-order valence-corrected chi connectivity index (χ2v) is 7.35. The van der Waals surface area contributed by atoms with E-state index < -0.39 is 17.9 Å². The molecule has 1 amide bonds.